The molecule has 2 nitrogen and oxygen atoms in total. The molecule has 2 heteroatoms. The van der Waals surface area contributed by atoms with Gasteiger partial charge in [0.1, 0.15) is 5.75 Å². The van der Waals surface area contributed by atoms with E-state index in [0.29, 0.717) is 18.2 Å². The molecule has 0 aliphatic heterocycles. The number of aryl methyl sites for hydroxylation is 1. The molecule has 2 N–H and O–H groups in total. The average molecular weight is 291 g/mol. The number of nitrogen functional groups attached to an aromatic ring is 1. The first kappa shape index (κ1) is 14.5. The molecule has 3 aromatic rings. The Bertz CT molecular complexity index is 795. The van der Waals surface area contributed by atoms with Gasteiger partial charge in [-0.2, -0.15) is 0 Å². The summed E-state index contributed by atoms with van der Waals surface area (Å²) in [6.45, 7) is 4.98. The summed E-state index contributed by atoms with van der Waals surface area (Å²) in [5.74, 6) is 1.05. The van der Waals surface area contributed by atoms with E-state index >= 15 is 0 Å². The quantitative estimate of drug-likeness (QED) is 0.693. The topological polar surface area (TPSA) is 35.2 Å². The summed E-state index contributed by atoms with van der Waals surface area (Å²) in [5.41, 5.74) is 9.28. The molecule has 3 aromatic carbocycles. The molecule has 22 heavy (non-hydrogen) atoms. The third-order valence-electron chi connectivity index (χ3n) is 4.09. The summed E-state index contributed by atoms with van der Waals surface area (Å²) in [7, 11) is 0. The third-order valence-corrected chi connectivity index (χ3v) is 4.09. The molecule has 0 spiro atoms. The summed E-state index contributed by atoms with van der Waals surface area (Å²) in [6.07, 6.45) is 0. The van der Waals surface area contributed by atoms with Gasteiger partial charge in [0.2, 0.25) is 0 Å². The second kappa shape index (κ2) is 6.10. The van der Waals surface area contributed by atoms with Gasteiger partial charge in [-0.25, -0.2) is 0 Å². The van der Waals surface area contributed by atoms with Crippen LogP contribution in [0.1, 0.15) is 24.0 Å². The van der Waals surface area contributed by atoms with Crippen LogP contribution < -0.4 is 10.5 Å². The van der Waals surface area contributed by atoms with E-state index in [2.05, 4.69) is 50.2 Å². The molecule has 0 amide bonds. The van der Waals surface area contributed by atoms with Crippen molar-refractivity contribution in [2.24, 2.45) is 0 Å². The number of nitrogens with two attached hydrogens (primary N) is 1. The molecule has 0 aliphatic carbocycles. The van der Waals surface area contributed by atoms with Crippen LogP contribution in [0.2, 0.25) is 0 Å². The van der Waals surface area contributed by atoms with E-state index in [9.17, 15) is 0 Å². The number of anilines is 1. The second-order valence-electron chi connectivity index (χ2n) is 5.77. The molecule has 112 valence electrons. The Morgan fingerprint density at radius 2 is 1.68 bits per heavy atom. The van der Waals surface area contributed by atoms with Crippen molar-refractivity contribution < 1.29 is 4.74 Å². The van der Waals surface area contributed by atoms with Crippen molar-refractivity contribution >= 4 is 16.5 Å². The minimum atomic E-state index is 0.297. The van der Waals surface area contributed by atoms with Crippen LogP contribution in [0.5, 0.6) is 5.75 Å². The molecule has 3 rings (SSSR count). The van der Waals surface area contributed by atoms with Crippen molar-refractivity contribution in [3.8, 4) is 5.75 Å². The van der Waals surface area contributed by atoms with E-state index in [0.717, 1.165) is 5.75 Å². The van der Waals surface area contributed by atoms with Crippen LogP contribution in [0.15, 0.2) is 60.7 Å². The average Bonchev–Trinajstić information content (AvgIpc) is 2.53. The van der Waals surface area contributed by atoms with Gasteiger partial charge in [0.25, 0.3) is 0 Å². The number of ether oxygens (including phenoxy) is 1. The first-order chi connectivity index (χ1) is 10.7. The maximum absolute atomic E-state index is 5.94. The van der Waals surface area contributed by atoms with Crippen molar-refractivity contribution in [3.63, 3.8) is 0 Å². The number of fused-ring (bicyclic) bond motifs is 1. The van der Waals surface area contributed by atoms with Crippen molar-refractivity contribution in [2.45, 2.75) is 19.8 Å². The lowest BCUT2D eigenvalue weighted by Crippen LogP contribution is -2.10. The maximum atomic E-state index is 5.94. The zero-order valence-corrected chi connectivity index (χ0v) is 13.0. The standard InChI is InChI=1S/C20H21NO/c1-14-11-12-16-7-3-4-8-17(16)20(14)15(2)13-22-19-10-6-5-9-18(19)21/h3-12,15H,13,21H2,1-2H3. The Balaban J connectivity index is 1.88. The predicted molar refractivity (Wildman–Crippen MR) is 93.4 cm³/mol. The van der Waals surface area contributed by atoms with Gasteiger partial charge in [-0.05, 0) is 41.0 Å². The predicted octanol–water partition coefficient (Wildman–Crippen LogP) is 4.91. The fraction of sp³-hybridized carbons (Fsp3) is 0.200. The van der Waals surface area contributed by atoms with Crippen molar-refractivity contribution in [2.75, 3.05) is 12.3 Å². The van der Waals surface area contributed by atoms with Gasteiger partial charge in [-0.1, -0.05) is 55.5 Å². The van der Waals surface area contributed by atoms with Gasteiger partial charge in [0, 0.05) is 5.92 Å². The highest BCUT2D eigenvalue weighted by molar-refractivity contribution is 5.87. The molecule has 1 unspecified atom stereocenters. The molecular weight excluding hydrogens is 270 g/mol. The van der Waals surface area contributed by atoms with Crippen molar-refractivity contribution in [3.05, 3.63) is 71.8 Å². The fourth-order valence-electron chi connectivity index (χ4n) is 2.97. The summed E-state index contributed by atoms with van der Waals surface area (Å²) >= 11 is 0. The van der Waals surface area contributed by atoms with Gasteiger partial charge in [-0.3, -0.25) is 0 Å². The van der Waals surface area contributed by atoms with Crippen molar-refractivity contribution in [1.29, 1.82) is 0 Å². The van der Waals surface area contributed by atoms with Crippen LogP contribution in [0.25, 0.3) is 10.8 Å². The van der Waals surface area contributed by atoms with Crippen LogP contribution in [0, 0.1) is 6.92 Å². The molecule has 0 radical (unpaired) electrons. The highest BCUT2D eigenvalue weighted by atomic mass is 16.5. The molecule has 0 bridgehead atoms. The van der Waals surface area contributed by atoms with Crippen LogP contribution in [0.3, 0.4) is 0 Å². The van der Waals surface area contributed by atoms with Gasteiger partial charge in [0.05, 0.1) is 12.3 Å². The number of hydrogen-bond donors (Lipinski definition) is 1. The molecule has 0 saturated heterocycles. The van der Waals surface area contributed by atoms with Gasteiger partial charge >= 0.3 is 0 Å². The third kappa shape index (κ3) is 2.77. The monoisotopic (exact) mass is 291 g/mol. The van der Waals surface area contributed by atoms with Gasteiger partial charge in [0.15, 0.2) is 0 Å². The Labute approximate surface area is 131 Å². The molecule has 1 atom stereocenters. The first-order valence-corrected chi connectivity index (χ1v) is 7.62. The SMILES string of the molecule is Cc1ccc2ccccc2c1C(C)COc1ccccc1N. The Kier molecular flexibility index (Phi) is 4.01. The zero-order chi connectivity index (χ0) is 15.5. The fourth-order valence-corrected chi connectivity index (χ4v) is 2.97. The lowest BCUT2D eigenvalue weighted by molar-refractivity contribution is 0.297. The normalized spacial score (nSPS) is 12.3. The lowest BCUT2D eigenvalue weighted by atomic mass is 9.91. The number of benzene rings is 3. The first-order valence-electron chi connectivity index (χ1n) is 7.62. The summed E-state index contributed by atoms with van der Waals surface area (Å²) in [5, 5.41) is 2.58. The largest absolute Gasteiger partial charge is 0.491 e. The minimum Gasteiger partial charge on any atom is -0.491 e. The molecule has 0 heterocycles. The highest BCUT2D eigenvalue weighted by Gasteiger charge is 2.13. The minimum absolute atomic E-state index is 0.297. The second-order valence-corrected chi connectivity index (χ2v) is 5.77. The summed E-state index contributed by atoms with van der Waals surface area (Å²) in [4.78, 5) is 0. The number of para-hydroxylation sites is 2. The molecule has 0 fully saturated rings. The van der Waals surface area contributed by atoms with E-state index < -0.39 is 0 Å². The zero-order valence-electron chi connectivity index (χ0n) is 13.0. The van der Waals surface area contributed by atoms with E-state index in [1.165, 1.54) is 21.9 Å². The summed E-state index contributed by atoms with van der Waals surface area (Å²) < 4.78 is 5.93. The van der Waals surface area contributed by atoms with Crippen LogP contribution in [-0.2, 0) is 0 Å². The lowest BCUT2D eigenvalue weighted by Gasteiger charge is -2.19. The van der Waals surface area contributed by atoms with Crippen molar-refractivity contribution in [1.82, 2.24) is 0 Å². The Morgan fingerprint density at radius 1 is 0.955 bits per heavy atom. The molecular formula is C20H21NO. The molecule has 0 aromatic heterocycles. The highest BCUT2D eigenvalue weighted by Crippen LogP contribution is 2.30. The van der Waals surface area contributed by atoms with Gasteiger partial charge in [-0.15, -0.1) is 0 Å². The molecule has 0 aliphatic rings. The smallest absolute Gasteiger partial charge is 0.142 e. The van der Waals surface area contributed by atoms with Crippen LogP contribution in [-0.4, -0.2) is 6.61 Å². The summed E-state index contributed by atoms with van der Waals surface area (Å²) in [6, 6.07) is 20.5. The van der Waals surface area contributed by atoms with E-state index in [4.69, 9.17) is 10.5 Å². The Morgan fingerprint density at radius 3 is 2.50 bits per heavy atom. The van der Waals surface area contributed by atoms with E-state index in [1.54, 1.807) is 0 Å². The Hall–Kier alpha value is -2.48. The maximum Gasteiger partial charge on any atom is 0.142 e. The van der Waals surface area contributed by atoms with E-state index in [1.807, 2.05) is 24.3 Å². The number of hydrogen-bond acceptors (Lipinski definition) is 2. The number of rotatable bonds is 4. The van der Waals surface area contributed by atoms with Gasteiger partial charge < -0.3 is 10.5 Å². The van der Waals surface area contributed by atoms with E-state index in [-0.39, 0.29) is 0 Å². The molecule has 0 saturated carbocycles. The van der Waals surface area contributed by atoms with Crippen LogP contribution >= 0.6 is 0 Å². The van der Waals surface area contributed by atoms with Crippen LogP contribution in [0.4, 0.5) is 5.69 Å².